The molecule has 0 aromatic carbocycles. The molecule has 0 bridgehead atoms. The van der Waals surface area contributed by atoms with Gasteiger partial charge in [0.2, 0.25) is 11.7 Å². The molecule has 0 aliphatic carbocycles. The zero-order chi connectivity index (χ0) is 15.5. The third-order valence-electron chi connectivity index (χ3n) is 4.12. The lowest BCUT2D eigenvalue weighted by molar-refractivity contribution is 0.138. The predicted octanol–water partition coefficient (Wildman–Crippen LogP) is 2.30. The van der Waals surface area contributed by atoms with Crippen molar-refractivity contribution in [2.45, 2.75) is 25.9 Å². The van der Waals surface area contributed by atoms with E-state index < -0.39 is 0 Å². The number of nitrogens with zero attached hydrogens (tertiary/aromatic N) is 6. The fourth-order valence-corrected chi connectivity index (χ4v) is 3.69. The Bertz CT molecular complexity index is 723. The second-order valence-corrected chi connectivity index (χ2v) is 6.66. The van der Waals surface area contributed by atoms with Crippen molar-refractivity contribution in [2.75, 3.05) is 13.1 Å². The van der Waals surface area contributed by atoms with E-state index in [0.29, 0.717) is 24.2 Å². The molecular weight excluding hydrogens is 312 g/mol. The van der Waals surface area contributed by atoms with Crippen LogP contribution in [0.5, 0.6) is 0 Å². The molecule has 1 aliphatic rings. The highest BCUT2D eigenvalue weighted by Crippen LogP contribution is 2.22. The van der Waals surface area contributed by atoms with Crippen molar-refractivity contribution in [1.29, 1.82) is 0 Å². The normalized spacial score (nSPS) is 19.2. The van der Waals surface area contributed by atoms with Gasteiger partial charge in [0.1, 0.15) is 12.7 Å². The van der Waals surface area contributed by atoms with Gasteiger partial charge in [-0.05, 0) is 36.8 Å². The van der Waals surface area contributed by atoms with Crippen LogP contribution in [-0.2, 0) is 13.1 Å². The van der Waals surface area contributed by atoms with Crippen molar-refractivity contribution < 1.29 is 4.52 Å². The topological polar surface area (TPSA) is 72.9 Å². The molecular formula is C15H18N6OS. The highest BCUT2D eigenvalue weighted by atomic mass is 32.1. The Labute approximate surface area is 138 Å². The van der Waals surface area contributed by atoms with E-state index in [1.807, 2.05) is 21.5 Å². The van der Waals surface area contributed by atoms with Gasteiger partial charge in [0.15, 0.2) is 0 Å². The number of piperidine rings is 1. The van der Waals surface area contributed by atoms with Crippen molar-refractivity contribution in [3.63, 3.8) is 0 Å². The van der Waals surface area contributed by atoms with E-state index in [-0.39, 0.29) is 0 Å². The van der Waals surface area contributed by atoms with Gasteiger partial charge in [0.25, 0.3) is 0 Å². The quantitative estimate of drug-likeness (QED) is 0.715. The third kappa shape index (κ3) is 3.48. The first-order valence-corrected chi connectivity index (χ1v) is 8.71. The molecule has 1 aliphatic heterocycles. The molecule has 120 valence electrons. The smallest absolute Gasteiger partial charge is 0.241 e. The highest BCUT2D eigenvalue weighted by Gasteiger charge is 2.22. The van der Waals surface area contributed by atoms with Crippen LogP contribution in [0.3, 0.4) is 0 Å². The molecule has 4 heterocycles. The summed E-state index contributed by atoms with van der Waals surface area (Å²) in [4.78, 5) is 10.9. The minimum atomic E-state index is 0.588. The summed E-state index contributed by atoms with van der Waals surface area (Å²) < 4.78 is 7.32. The lowest BCUT2D eigenvalue weighted by Gasteiger charge is -2.31. The van der Waals surface area contributed by atoms with Crippen LogP contribution in [-0.4, -0.2) is 42.9 Å². The first kappa shape index (κ1) is 14.5. The van der Waals surface area contributed by atoms with Gasteiger partial charge < -0.3 is 4.52 Å². The van der Waals surface area contributed by atoms with E-state index in [9.17, 15) is 0 Å². The molecule has 1 fully saturated rings. The minimum absolute atomic E-state index is 0.588. The monoisotopic (exact) mass is 330 g/mol. The Morgan fingerprint density at radius 1 is 1.39 bits per heavy atom. The van der Waals surface area contributed by atoms with Gasteiger partial charge in [-0.15, -0.1) is 0 Å². The van der Waals surface area contributed by atoms with Gasteiger partial charge in [-0.3, -0.25) is 9.58 Å². The first-order chi connectivity index (χ1) is 11.4. The summed E-state index contributed by atoms with van der Waals surface area (Å²) >= 11 is 1.64. The van der Waals surface area contributed by atoms with Crippen LogP contribution in [0.15, 0.2) is 34.0 Å². The SMILES string of the molecule is c1ncn(C[C@H]2CCCN(Cc3nc(-c4ccsc4)no3)C2)n1. The molecule has 0 unspecified atom stereocenters. The minimum Gasteiger partial charge on any atom is -0.338 e. The predicted molar refractivity (Wildman–Crippen MR) is 85.6 cm³/mol. The maximum Gasteiger partial charge on any atom is 0.241 e. The second-order valence-electron chi connectivity index (χ2n) is 5.88. The molecule has 0 amide bonds. The molecule has 1 saturated heterocycles. The largest absolute Gasteiger partial charge is 0.338 e. The molecule has 3 aromatic rings. The molecule has 0 radical (unpaired) electrons. The lowest BCUT2D eigenvalue weighted by atomic mass is 9.98. The maximum absolute atomic E-state index is 5.41. The summed E-state index contributed by atoms with van der Waals surface area (Å²) in [6.07, 6.45) is 5.78. The second kappa shape index (κ2) is 6.59. The Kier molecular flexibility index (Phi) is 4.16. The van der Waals surface area contributed by atoms with Crippen molar-refractivity contribution in [3.05, 3.63) is 35.4 Å². The van der Waals surface area contributed by atoms with Crippen molar-refractivity contribution >= 4 is 11.3 Å². The average molecular weight is 330 g/mol. The highest BCUT2D eigenvalue weighted by molar-refractivity contribution is 7.08. The van der Waals surface area contributed by atoms with Gasteiger partial charge in [0, 0.05) is 24.0 Å². The number of hydrogen-bond acceptors (Lipinski definition) is 7. The molecule has 23 heavy (non-hydrogen) atoms. The summed E-state index contributed by atoms with van der Waals surface area (Å²) in [7, 11) is 0. The van der Waals surface area contributed by atoms with E-state index in [0.717, 1.165) is 25.2 Å². The Balaban J connectivity index is 1.37. The average Bonchev–Trinajstić information content (AvgIpc) is 3.30. The van der Waals surface area contributed by atoms with Crippen LogP contribution >= 0.6 is 11.3 Å². The standard InChI is InChI=1S/C15H18N6OS/c1-2-12(7-21-11-16-10-17-21)6-20(4-1)8-14-18-15(19-22-14)13-3-5-23-9-13/h3,5,9-12H,1-2,4,6-8H2/t12-/m0/s1. The third-order valence-corrected chi connectivity index (χ3v) is 4.80. The number of likely N-dealkylation sites (tertiary alicyclic amines) is 1. The number of aromatic nitrogens is 5. The van der Waals surface area contributed by atoms with E-state index in [4.69, 9.17) is 4.52 Å². The molecule has 0 spiro atoms. The van der Waals surface area contributed by atoms with Gasteiger partial charge in [-0.2, -0.15) is 21.4 Å². The van der Waals surface area contributed by atoms with Crippen LogP contribution in [0.4, 0.5) is 0 Å². The summed E-state index contributed by atoms with van der Waals surface area (Å²) in [5, 5.41) is 12.3. The van der Waals surface area contributed by atoms with Crippen molar-refractivity contribution in [3.8, 4) is 11.4 Å². The summed E-state index contributed by atoms with van der Waals surface area (Å²) in [5.41, 5.74) is 1.02. The fourth-order valence-electron chi connectivity index (χ4n) is 3.05. The van der Waals surface area contributed by atoms with Crippen LogP contribution < -0.4 is 0 Å². The van der Waals surface area contributed by atoms with E-state index in [1.54, 1.807) is 24.0 Å². The molecule has 4 rings (SSSR count). The fraction of sp³-hybridized carbons (Fsp3) is 0.467. The molecule has 3 aromatic heterocycles. The molecule has 8 heteroatoms. The Morgan fingerprint density at radius 2 is 2.39 bits per heavy atom. The van der Waals surface area contributed by atoms with E-state index in [2.05, 4.69) is 25.1 Å². The van der Waals surface area contributed by atoms with Crippen LogP contribution in [0.25, 0.3) is 11.4 Å². The Morgan fingerprint density at radius 3 is 3.22 bits per heavy atom. The molecule has 0 saturated carbocycles. The Hall–Kier alpha value is -2.06. The van der Waals surface area contributed by atoms with Gasteiger partial charge in [-0.25, -0.2) is 4.98 Å². The van der Waals surface area contributed by atoms with Crippen LogP contribution in [0.2, 0.25) is 0 Å². The van der Waals surface area contributed by atoms with Gasteiger partial charge >= 0.3 is 0 Å². The summed E-state index contributed by atoms with van der Waals surface area (Å²) in [6, 6.07) is 2.01. The molecule has 7 nitrogen and oxygen atoms in total. The molecule has 0 N–H and O–H groups in total. The van der Waals surface area contributed by atoms with E-state index >= 15 is 0 Å². The molecule has 1 atom stereocenters. The number of hydrogen-bond donors (Lipinski definition) is 0. The summed E-state index contributed by atoms with van der Waals surface area (Å²) in [5.74, 6) is 1.95. The van der Waals surface area contributed by atoms with Crippen LogP contribution in [0.1, 0.15) is 18.7 Å². The summed E-state index contributed by atoms with van der Waals surface area (Å²) in [6.45, 7) is 3.73. The first-order valence-electron chi connectivity index (χ1n) is 7.77. The van der Waals surface area contributed by atoms with Gasteiger partial charge in [-0.1, -0.05) is 5.16 Å². The lowest BCUT2D eigenvalue weighted by Crippen LogP contribution is -2.36. The van der Waals surface area contributed by atoms with Gasteiger partial charge in [0.05, 0.1) is 6.54 Å². The maximum atomic E-state index is 5.41. The van der Waals surface area contributed by atoms with Crippen LogP contribution in [0, 0.1) is 5.92 Å². The number of rotatable bonds is 5. The number of thiophene rings is 1. The van der Waals surface area contributed by atoms with E-state index in [1.165, 1.54) is 12.8 Å². The zero-order valence-corrected chi connectivity index (χ0v) is 13.5. The van der Waals surface area contributed by atoms with Crippen molar-refractivity contribution in [1.82, 2.24) is 29.8 Å². The zero-order valence-electron chi connectivity index (χ0n) is 12.7. The van der Waals surface area contributed by atoms with Crippen molar-refractivity contribution in [2.24, 2.45) is 5.92 Å².